The van der Waals surface area contributed by atoms with E-state index in [0.29, 0.717) is 12.1 Å². The molecule has 0 N–H and O–H groups in total. The molecule has 82 valence electrons. The van der Waals surface area contributed by atoms with Crippen molar-refractivity contribution in [2.24, 2.45) is 0 Å². The van der Waals surface area contributed by atoms with Gasteiger partial charge in [-0.3, -0.25) is 10.1 Å². The lowest BCUT2D eigenvalue weighted by Crippen LogP contribution is -2.03. The van der Waals surface area contributed by atoms with Crippen molar-refractivity contribution in [2.45, 2.75) is 6.61 Å². The number of hydrogen-bond acceptors (Lipinski definition) is 3. The van der Waals surface area contributed by atoms with Crippen LogP contribution in [0.4, 0.5) is 18.9 Å². The first-order chi connectivity index (χ1) is 6.91. The van der Waals surface area contributed by atoms with Gasteiger partial charge in [-0.25, -0.2) is 0 Å². The van der Waals surface area contributed by atoms with Gasteiger partial charge in [0.25, 0.3) is 0 Å². The van der Waals surface area contributed by atoms with E-state index in [-0.39, 0.29) is 0 Å². The number of ether oxygens (including phenoxy) is 1. The summed E-state index contributed by atoms with van der Waals surface area (Å²) < 4.78 is 40.3. The molecule has 0 saturated carbocycles. The van der Waals surface area contributed by atoms with E-state index in [1.807, 2.05) is 0 Å². The van der Waals surface area contributed by atoms with Crippen molar-refractivity contribution in [3.05, 3.63) is 33.1 Å². The Hall–Kier alpha value is -1.50. The summed E-state index contributed by atoms with van der Waals surface area (Å²) in [6.07, 6.45) is 0. The van der Waals surface area contributed by atoms with E-state index in [1.165, 1.54) is 0 Å². The molecule has 0 amide bonds. The number of halogens is 4. The highest BCUT2D eigenvalue weighted by molar-refractivity contribution is 6.32. The van der Waals surface area contributed by atoms with Gasteiger partial charge < -0.3 is 4.74 Å². The minimum absolute atomic E-state index is 0.460. The summed E-state index contributed by atoms with van der Waals surface area (Å²) in [5.74, 6) is -1.86. The average Bonchev–Trinajstić information content (AvgIpc) is 2.08. The lowest BCUT2D eigenvalue weighted by atomic mass is 10.3. The summed E-state index contributed by atoms with van der Waals surface area (Å²) in [5, 5.41) is 9.79. The van der Waals surface area contributed by atoms with Gasteiger partial charge in [0.1, 0.15) is 0 Å². The van der Waals surface area contributed by atoms with E-state index < -0.39 is 33.8 Å². The smallest absolute Gasteiger partial charge is 0.387 e. The molecule has 0 aliphatic rings. The molecule has 1 aromatic rings. The van der Waals surface area contributed by atoms with Crippen LogP contribution in [0.2, 0.25) is 5.02 Å². The minimum Gasteiger partial charge on any atom is -0.433 e. The highest BCUT2D eigenvalue weighted by atomic mass is 35.5. The van der Waals surface area contributed by atoms with Crippen molar-refractivity contribution in [1.82, 2.24) is 0 Å². The Labute approximate surface area is 86.4 Å². The molecule has 0 bridgehead atoms. The van der Waals surface area contributed by atoms with Crippen LogP contribution in [-0.2, 0) is 0 Å². The van der Waals surface area contributed by atoms with Crippen LogP contribution in [-0.4, -0.2) is 11.5 Å². The Bertz CT molecular complexity index is 399. The van der Waals surface area contributed by atoms with Crippen LogP contribution in [0.3, 0.4) is 0 Å². The topological polar surface area (TPSA) is 52.4 Å². The molecule has 0 fully saturated rings. The number of hydrogen-bond donors (Lipinski definition) is 0. The van der Waals surface area contributed by atoms with Crippen LogP contribution in [0.5, 0.6) is 5.75 Å². The molecule has 0 heterocycles. The van der Waals surface area contributed by atoms with Crippen molar-refractivity contribution in [3.63, 3.8) is 0 Å². The lowest BCUT2D eigenvalue weighted by molar-refractivity contribution is -0.387. The largest absolute Gasteiger partial charge is 0.433 e. The molecule has 0 saturated heterocycles. The third-order valence-electron chi connectivity index (χ3n) is 1.41. The van der Waals surface area contributed by atoms with Gasteiger partial charge in [0.2, 0.25) is 5.82 Å². The Kier molecular flexibility index (Phi) is 3.35. The highest BCUT2D eigenvalue weighted by Crippen LogP contribution is 2.32. The van der Waals surface area contributed by atoms with E-state index in [0.717, 1.165) is 0 Å². The summed E-state index contributed by atoms with van der Waals surface area (Å²) >= 11 is 5.33. The molecule has 1 aromatic carbocycles. The van der Waals surface area contributed by atoms with Gasteiger partial charge in [-0.05, 0) is 0 Å². The monoisotopic (exact) mass is 241 g/mol. The number of rotatable bonds is 3. The average molecular weight is 242 g/mol. The standard InChI is InChI=1S/C7H3ClF3NO3/c8-3-1-4(9)5(12(13)14)2-6(3)15-7(10)11/h1-2,7H. The predicted molar refractivity (Wildman–Crippen MR) is 44.7 cm³/mol. The quantitative estimate of drug-likeness (QED) is 0.604. The molecule has 0 spiro atoms. The summed E-state index contributed by atoms with van der Waals surface area (Å²) in [6.45, 7) is -3.19. The molecule has 0 aliphatic heterocycles. The molecule has 1 rings (SSSR count). The van der Waals surface area contributed by atoms with Crippen LogP contribution in [0.25, 0.3) is 0 Å². The molecule has 0 aromatic heterocycles. The van der Waals surface area contributed by atoms with Crippen molar-refractivity contribution in [3.8, 4) is 5.75 Å². The van der Waals surface area contributed by atoms with Crippen molar-refractivity contribution >= 4 is 17.3 Å². The summed E-state index contributed by atoms with van der Waals surface area (Å²) in [4.78, 5) is 9.18. The Morgan fingerprint density at radius 3 is 2.53 bits per heavy atom. The Morgan fingerprint density at radius 2 is 2.07 bits per heavy atom. The van der Waals surface area contributed by atoms with Gasteiger partial charge in [0, 0.05) is 6.07 Å². The number of nitro benzene ring substituents is 1. The van der Waals surface area contributed by atoms with Crippen molar-refractivity contribution < 1.29 is 22.8 Å². The van der Waals surface area contributed by atoms with Gasteiger partial charge in [-0.2, -0.15) is 13.2 Å². The second-order valence-corrected chi connectivity index (χ2v) is 2.78. The molecule has 4 nitrogen and oxygen atoms in total. The van der Waals surface area contributed by atoms with E-state index in [4.69, 9.17) is 11.6 Å². The van der Waals surface area contributed by atoms with Crippen molar-refractivity contribution in [2.75, 3.05) is 0 Å². The van der Waals surface area contributed by atoms with Gasteiger partial charge in [-0.1, -0.05) is 11.6 Å². The zero-order valence-corrected chi connectivity index (χ0v) is 7.67. The molecule has 0 aliphatic carbocycles. The first-order valence-electron chi connectivity index (χ1n) is 3.50. The molecule has 0 radical (unpaired) electrons. The summed E-state index contributed by atoms with van der Waals surface area (Å²) in [6, 6.07) is 1.04. The minimum atomic E-state index is -3.19. The van der Waals surface area contributed by atoms with Crippen LogP contribution in [0.1, 0.15) is 0 Å². The zero-order valence-electron chi connectivity index (χ0n) is 6.92. The highest BCUT2D eigenvalue weighted by Gasteiger charge is 2.20. The van der Waals surface area contributed by atoms with E-state index in [2.05, 4.69) is 4.74 Å². The fraction of sp³-hybridized carbons (Fsp3) is 0.143. The van der Waals surface area contributed by atoms with Crippen LogP contribution in [0.15, 0.2) is 12.1 Å². The van der Waals surface area contributed by atoms with E-state index >= 15 is 0 Å². The zero-order chi connectivity index (χ0) is 11.6. The van der Waals surface area contributed by atoms with Crippen molar-refractivity contribution in [1.29, 1.82) is 0 Å². The maximum Gasteiger partial charge on any atom is 0.387 e. The summed E-state index contributed by atoms with van der Waals surface area (Å²) in [7, 11) is 0. The van der Waals surface area contributed by atoms with Crippen LogP contribution in [0, 0.1) is 15.9 Å². The van der Waals surface area contributed by atoms with Gasteiger partial charge in [-0.15, -0.1) is 0 Å². The van der Waals surface area contributed by atoms with Gasteiger partial charge in [0.05, 0.1) is 16.0 Å². The number of nitro groups is 1. The molecule has 15 heavy (non-hydrogen) atoms. The first-order valence-corrected chi connectivity index (χ1v) is 3.88. The van der Waals surface area contributed by atoms with Crippen LogP contribution < -0.4 is 4.74 Å². The molecular weight excluding hydrogens is 239 g/mol. The summed E-state index contributed by atoms with van der Waals surface area (Å²) in [5.41, 5.74) is -0.977. The Balaban J connectivity index is 3.17. The van der Waals surface area contributed by atoms with Crippen LogP contribution >= 0.6 is 11.6 Å². The third kappa shape index (κ3) is 2.72. The van der Waals surface area contributed by atoms with Gasteiger partial charge in [0.15, 0.2) is 5.75 Å². The lowest BCUT2D eigenvalue weighted by Gasteiger charge is -2.06. The Morgan fingerprint density at radius 1 is 1.47 bits per heavy atom. The second kappa shape index (κ2) is 4.35. The fourth-order valence-electron chi connectivity index (χ4n) is 0.845. The number of nitrogens with zero attached hydrogens (tertiary/aromatic N) is 1. The van der Waals surface area contributed by atoms with E-state index in [1.54, 1.807) is 0 Å². The predicted octanol–water partition coefficient (Wildman–Crippen LogP) is 2.99. The maximum absolute atomic E-state index is 12.8. The number of alkyl halides is 2. The first kappa shape index (κ1) is 11.6. The molecule has 0 unspecified atom stereocenters. The molecule has 8 heteroatoms. The number of benzene rings is 1. The SMILES string of the molecule is O=[N+]([O-])c1cc(OC(F)F)c(Cl)cc1F. The molecule has 0 atom stereocenters. The maximum atomic E-state index is 12.8. The van der Waals surface area contributed by atoms with Gasteiger partial charge >= 0.3 is 12.3 Å². The normalized spacial score (nSPS) is 10.5. The van der Waals surface area contributed by atoms with E-state index in [9.17, 15) is 23.3 Å². The molecular formula is C7H3ClF3NO3. The fourth-order valence-corrected chi connectivity index (χ4v) is 1.04. The third-order valence-corrected chi connectivity index (χ3v) is 1.71. The second-order valence-electron chi connectivity index (χ2n) is 2.37.